The Hall–Kier alpha value is -2.58. The van der Waals surface area contributed by atoms with Crippen molar-refractivity contribution in [2.45, 2.75) is 23.7 Å². The maximum Gasteiger partial charge on any atom is 0.244 e. The lowest BCUT2D eigenvalue weighted by atomic mass is 9.81. The van der Waals surface area contributed by atoms with Gasteiger partial charge >= 0.3 is 0 Å². The molecule has 1 saturated heterocycles. The van der Waals surface area contributed by atoms with E-state index >= 15 is 0 Å². The molecule has 0 bridgehead atoms. The van der Waals surface area contributed by atoms with E-state index in [1.165, 1.54) is 0 Å². The van der Waals surface area contributed by atoms with E-state index < -0.39 is 38.0 Å². The van der Waals surface area contributed by atoms with Gasteiger partial charge in [-0.3, -0.25) is 9.59 Å². The average molecular weight is 362 g/mol. The number of amides is 2. The summed E-state index contributed by atoms with van der Waals surface area (Å²) in [7, 11) is -4.09. The topological polar surface area (TPSA) is 97.5 Å². The predicted molar refractivity (Wildman–Crippen MR) is 88.7 cm³/mol. The highest BCUT2D eigenvalue weighted by atomic mass is 32.2. The van der Waals surface area contributed by atoms with Crippen molar-refractivity contribution in [3.8, 4) is 0 Å². The monoisotopic (exact) mass is 362 g/mol. The molecule has 1 fully saturated rings. The molecule has 0 saturated carbocycles. The van der Waals surface area contributed by atoms with Gasteiger partial charge in [0.25, 0.3) is 0 Å². The van der Waals surface area contributed by atoms with Crippen molar-refractivity contribution in [2.24, 2.45) is 5.14 Å². The molecule has 2 N–H and O–H groups in total. The van der Waals surface area contributed by atoms with Crippen LogP contribution in [0.15, 0.2) is 53.4 Å². The van der Waals surface area contributed by atoms with E-state index in [0.717, 1.165) is 17.0 Å². The molecule has 0 spiro atoms. The Labute approximate surface area is 144 Å². The zero-order valence-corrected chi connectivity index (χ0v) is 14.1. The quantitative estimate of drug-likeness (QED) is 0.840. The van der Waals surface area contributed by atoms with Gasteiger partial charge in [-0.05, 0) is 30.7 Å². The van der Waals surface area contributed by atoms with Gasteiger partial charge in [-0.1, -0.05) is 30.3 Å². The van der Waals surface area contributed by atoms with Crippen molar-refractivity contribution in [1.29, 1.82) is 0 Å². The number of rotatable bonds is 3. The molecular weight excluding hydrogens is 347 g/mol. The summed E-state index contributed by atoms with van der Waals surface area (Å²) in [6.07, 6.45) is -0.105. The van der Waals surface area contributed by atoms with Crippen molar-refractivity contribution >= 4 is 27.5 Å². The van der Waals surface area contributed by atoms with Crippen molar-refractivity contribution in [3.05, 3.63) is 59.9 Å². The van der Waals surface area contributed by atoms with Gasteiger partial charge in [0.15, 0.2) is 0 Å². The second-order valence-electron chi connectivity index (χ2n) is 6.07. The first kappa shape index (κ1) is 17.2. The van der Waals surface area contributed by atoms with E-state index in [1.807, 2.05) is 0 Å². The summed E-state index contributed by atoms with van der Waals surface area (Å²) in [4.78, 5) is 25.6. The normalized spacial score (nSPS) is 21.0. The molecule has 3 rings (SSSR count). The Morgan fingerprint density at radius 1 is 1.12 bits per heavy atom. The van der Waals surface area contributed by atoms with E-state index in [4.69, 9.17) is 5.14 Å². The first-order valence-corrected chi connectivity index (χ1v) is 8.94. The van der Waals surface area contributed by atoms with Crippen LogP contribution in [0.4, 0.5) is 10.1 Å². The van der Waals surface area contributed by atoms with Crippen LogP contribution < -0.4 is 10.0 Å². The molecule has 0 aliphatic carbocycles. The second-order valence-corrected chi connectivity index (χ2v) is 7.63. The lowest BCUT2D eigenvalue weighted by Gasteiger charge is -2.23. The zero-order valence-electron chi connectivity index (χ0n) is 13.3. The number of nitrogens with zero attached hydrogens (tertiary/aromatic N) is 1. The molecule has 130 valence electrons. The van der Waals surface area contributed by atoms with Crippen LogP contribution >= 0.6 is 0 Å². The van der Waals surface area contributed by atoms with Crippen LogP contribution in [0, 0.1) is 5.82 Å². The molecule has 1 aliphatic rings. The molecule has 25 heavy (non-hydrogen) atoms. The third-order valence-corrected chi connectivity index (χ3v) is 5.24. The van der Waals surface area contributed by atoms with Gasteiger partial charge in [0.1, 0.15) is 5.82 Å². The fourth-order valence-corrected chi connectivity index (χ4v) is 3.46. The standard InChI is InChI=1S/C17H15FN2O4S/c1-17(11-5-3-2-4-6-11)10-15(21)20(16(17)22)14-8-7-12(9-13(14)18)25(19,23)24/h2-9H,10H2,1H3,(H2,19,23,24). The molecular formula is C17H15FN2O4S. The maximum absolute atomic E-state index is 14.4. The zero-order chi connectivity index (χ0) is 18.4. The molecule has 0 radical (unpaired) electrons. The van der Waals surface area contributed by atoms with Crippen LogP contribution in [0.25, 0.3) is 0 Å². The number of imide groups is 1. The summed E-state index contributed by atoms with van der Waals surface area (Å²) in [5.74, 6) is -2.13. The molecule has 8 heteroatoms. The van der Waals surface area contributed by atoms with Crippen LogP contribution in [0.5, 0.6) is 0 Å². The van der Waals surface area contributed by atoms with E-state index in [9.17, 15) is 22.4 Å². The van der Waals surface area contributed by atoms with E-state index in [1.54, 1.807) is 37.3 Å². The lowest BCUT2D eigenvalue weighted by Crippen LogP contribution is -2.37. The van der Waals surface area contributed by atoms with Gasteiger partial charge < -0.3 is 0 Å². The van der Waals surface area contributed by atoms with Gasteiger partial charge in [0.05, 0.1) is 16.0 Å². The summed E-state index contributed by atoms with van der Waals surface area (Å²) in [5, 5.41) is 4.96. The van der Waals surface area contributed by atoms with Crippen LogP contribution in [-0.4, -0.2) is 20.2 Å². The Balaban J connectivity index is 2.05. The van der Waals surface area contributed by atoms with Crippen molar-refractivity contribution in [2.75, 3.05) is 4.90 Å². The summed E-state index contributed by atoms with van der Waals surface area (Å²) in [6, 6.07) is 11.6. The summed E-state index contributed by atoms with van der Waals surface area (Å²) < 4.78 is 37.0. The number of hydrogen-bond acceptors (Lipinski definition) is 4. The number of anilines is 1. The average Bonchev–Trinajstić information content (AvgIpc) is 2.78. The van der Waals surface area contributed by atoms with Gasteiger partial charge in [-0.2, -0.15) is 0 Å². The fourth-order valence-electron chi connectivity index (χ4n) is 2.94. The largest absolute Gasteiger partial charge is 0.274 e. The number of carbonyl (C=O) groups excluding carboxylic acids is 2. The Morgan fingerprint density at radius 2 is 1.76 bits per heavy atom. The number of halogens is 1. The fraction of sp³-hybridized carbons (Fsp3) is 0.176. The summed E-state index contributed by atoms with van der Waals surface area (Å²) in [5.41, 5.74) is -0.747. The third kappa shape index (κ3) is 2.83. The number of primary sulfonamides is 1. The number of benzene rings is 2. The molecule has 1 unspecified atom stereocenters. The van der Waals surface area contributed by atoms with E-state index in [2.05, 4.69) is 0 Å². The van der Waals surface area contributed by atoms with Crippen molar-refractivity contribution in [3.63, 3.8) is 0 Å². The van der Waals surface area contributed by atoms with E-state index in [-0.39, 0.29) is 12.1 Å². The van der Waals surface area contributed by atoms with Crippen molar-refractivity contribution < 1.29 is 22.4 Å². The van der Waals surface area contributed by atoms with Crippen LogP contribution in [0.1, 0.15) is 18.9 Å². The maximum atomic E-state index is 14.4. The van der Waals surface area contributed by atoms with Crippen LogP contribution in [-0.2, 0) is 25.0 Å². The molecule has 1 heterocycles. The number of hydrogen-bond donors (Lipinski definition) is 1. The lowest BCUT2D eigenvalue weighted by molar-refractivity contribution is -0.122. The molecule has 6 nitrogen and oxygen atoms in total. The Morgan fingerprint density at radius 3 is 2.32 bits per heavy atom. The molecule has 1 aliphatic heterocycles. The van der Waals surface area contributed by atoms with Gasteiger partial charge in [0.2, 0.25) is 21.8 Å². The van der Waals surface area contributed by atoms with E-state index in [0.29, 0.717) is 11.6 Å². The first-order valence-electron chi connectivity index (χ1n) is 7.40. The third-order valence-electron chi connectivity index (χ3n) is 4.33. The van der Waals surface area contributed by atoms with Gasteiger partial charge in [-0.25, -0.2) is 22.8 Å². The minimum absolute atomic E-state index is 0.105. The highest BCUT2D eigenvalue weighted by molar-refractivity contribution is 7.89. The van der Waals surface area contributed by atoms with Crippen molar-refractivity contribution in [1.82, 2.24) is 0 Å². The molecule has 2 amide bonds. The molecule has 1 atom stereocenters. The minimum Gasteiger partial charge on any atom is -0.274 e. The highest BCUT2D eigenvalue weighted by Crippen LogP contribution is 2.39. The van der Waals surface area contributed by atoms with Gasteiger partial charge in [0, 0.05) is 6.42 Å². The molecule has 2 aromatic carbocycles. The Bertz CT molecular complexity index is 975. The van der Waals surface area contributed by atoms with Gasteiger partial charge in [-0.15, -0.1) is 0 Å². The summed E-state index contributed by atoms with van der Waals surface area (Å²) >= 11 is 0. The number of carbonyl (C=O) groups is 2. The summed E-state index contributed by atoms with van der Waals surface area (Å²) in [6.45, 7) is 1.62. The SMILES string of the molecule is CC1(c2ccccc2)CC(=O)N(c2ccc(S(N)(=O)=O)cc2F)C1=O. The molecule has 2 aromatic rings. The molecule has 0 aromatic heterocycles. The first-order chi connectivity index (χ1) is 11.6. The smallest absolute Gasteiger partial charge is 0.244 e. The minimum atomic E-state index is -4.09. The number of sulfonamides is 1. The number of nitrogens with two attached hydrogens (primary N) is 1. The predicted octanol–water partition coefficient (Wildman–Crippen LogP) is 1.69. The van der Waals surface area contributed by atoms with Crippen LogP contribution in [0.3, 0.4) is 0 Å². The second kappa shape index (κ2) is 5.75. The Kier molecular flexibility index (Phi) is 3.97. The van der Waals surface area contributed by atoms with Crippen LogP contribution in [0.2, 0.25) is 0 Å². The highest BCUT2D eigenvalue weighted by Gasteiger charge is 2.50.